The molecule has 3 aromatic rings. The summed E-state index contributed by atoms with van der Waals surface area (Å²) in [5.74, 6) is 0.149. The Morgan fingerprint density at radius 2 is 1.80 bits per heavy atom. The molecule has 1 spiro atoms. The van der Waals surface area contributed by atoms with E-state index in [0.29, 0.717) is 24.6 Å². The van der Waals surface area contributed by atoms with Gasteiger partial charge in [0.05, 0.1) is 22.8 Å². The van der Waals surface area contributed by atoms with Crippen LogP contribution in [0.15, 0.2) is 36.7 Å². The lowest BCUT2D eigenvalue weighted by molar-refractivity contribution is -0.141. The monoisotopic (exact) mass is 471 g/mol. The molecule has 5 rings (SSSR count). The van der Waals surface area contributed by atoms with E-state index in [1.54, 1.807) is 30.9 Å². The Labute approximate surface area is 204 Å². The standard InChI is InChI=1S/C26H29N7O2/c1-17-20-6-4-5-7-21(20)33(31-17)24-28-14-18(15-29-24)22(34)30-19-12-26(13-19)8-10-32(11-9-26)23(35)25(2,3)16-27/h4-7,14-15,19H,8-13H2,1-3H3,(H,30,34). The lowest BCUT2D eigenvalue weighted by atomic mass is 9.60. The van der Waals surface area contributed by atoms with Crippen molar-refractivity contribution in [2.24, 2.45) is 10.8 Å². The van der Waals surface area contributed by atoms with Gasteiger partial charge in [-0.15, -0.1) is 0 Å². The molecule has 1 saturated heterocycles. The number of carbonyl (C=O) groups is 2. The molecule has 1 N–H and O–H groups in total. The second-order valence-electron chi connectivity index (χ2n) is 10.4. The third-order valence-corrected chi connectivity index (χ3v) is 7.48. The molecule has 3 heterocycles. The van der Waals surface area contributed by atoms with Gasteiger partial charge in [-0.3, -0.25) is 9.59 Å². The third kappa shape index (κ3) is 4.14. The first-order valence-corrected chi connectivity index (χ1v) is 12.0. The fourth-order valence-electron chi connectivity index (χ4n) is 5.31. The van der Waals surface area contributed by atoms with Crippen molar-refractivity contribution in [1.29, 1.82) is 5.26 Å². The molecule has 9 nitrogen and oxygen atoms in total. The van der Waals surface area contributed by atoms with Crippen LogP contribution in [0, 0.1) is 29.1 Å². The summed E-state index contributed by atoms with van der Waals surface area (Å²) in [4.78, 5) is 35.9. The molecule has 0 atom stereocenters. The minimum absolute atomic E-state index is 0.0965. The van der Waals surface area contributed by atoms with E-state index in [1.165, 1.54) is 0 Å². The number of aryl methyl sites for hydroxylation is 1. The zero-order valence-corrected chi connectivity index (χ0v) is 20.3. The van der Waals surface area contributed by atoms with Gasteiger partial charge >= 0.3 is 0 Å². The van der Waals surface area contributed by atoms with Gasteiger partial charge in [-0.05, 0) is 57.9 Å². The molecule has 1 aliphatic carbocycles. The highest BCUT2D eigenvalue weighted by atomic mass is 16.2. The highest BCUT2D eigenvalue weighted by Gasteiger charge is 2.47. The molecule has 1 saturated carbocycles. The van der Waals surface area contributed by atoms with Crippen molar-refractivity contribution < 1.29 is 9.59 Å². The topological polar surface area (TPSA) is 117 Å². The van der Waals surface area contributed by atoms with Crippen molar-refractivity contribution >= 4 is 22.7 Å². The van der Waals surface area contributed by atoms with Gasteiger partial charge in [0.25, 0.3) is 11.9 Å². The molecular formula is C26H29N7O2. The van der Waals surface area contributed by atoms with E-state index in [2.05, 4.69) is 26.5 Å². The Hall–Kier alpha value is -3.80. The summed E-state index contributed by atoms with van der Waals surface area (Å²) < 4.78 is 1.69. The van der Waals surface area contributed by atoms with Gasteiger partial charge in [0, 0.05) is 36.9 Å². The summed E-state index contributed by atoms with van der Waals surface area (Å²) in [6.45, 7) is 6.62. The zero-order valence-electron chi connectivity index (χ0n) is 20.3. The van der Waals surface area contributed by atoms with E-state index in [1.807, 2.05) is 36.1 Å². The highest BCUT2D eigenvalue weighted by Crippen LogP contribution is 2.49. The molecular weight excluding hydrogens is 442 g/mol. The highest BCUT2D eigenvalue weighted by molar-refractivity contribution is 5.94. The number of amides is 2. The van der Waals surface area contributed by atoms with Crippen LogP contribution in [0.4, 0.5) is 0 Å². The van der Waals surface area contributed by atoms with E-state index in [-0.39, 0.29) is 23.3 Å². The second kappa shape index (κ2) is 8.45. The maximum absolute atomic E-state index is 12.8. The predicted octanol–water partition coefficient (Wildman–Crippen LogP) is 3.17. The number of hydrogen-bond donors (Lipinski definition) is 1. The fourth-order valence-corrected chi connectivity index (χ4v) is 5.31. The Morgan fingerprint density at radius 3 is 2.46 bits per heavy atom. The Morgan fingerprint density at radius 1 is 1.14 bits per heavy atom. The first-order valence-electron chi connectivity index (χ1n) is 12.0. The average Bonchev–Trinajstić information content (AvgIpc) is 3.19. The summed E-state index contributed by atoms with van der Waals surface area (Å²) >= 11 is 0. The van der Waals surface area contributed by atoms with Gasteiger partial charge in [0.1, 0.15) is 5.41 Å². The van der Waals surface area contributed by atoms with Crippen LogP contribution in [-0.4, -0.2) is 55.6 Å². The minimum atomic E-state index is -0.985. The lowest BCUT2D eigenvalue weighted by Crippen LogP contribution is -2.56. The maximum Gasteiger partial charge on any atom is 0.254 e. The number of nitrogens with zero attached hydrogens (tertiary/aromatic N) is 6. The number of hydrogen-bond acceptors (Lipinski definition) is 6. The molecule has 2 aromatic heterocycles. The van der Waals surface area contributed by atoms with Gasteiger partial charge < -0.3 is 10.2 Å². The number of piperidine rings is 1. The Balaban J connectivity index is 1.16. The first kappa shape index (κ1) is 23.0. The number of nitriles is 1. The molecule has 35 heavy (non-hydrogen) atoms. The van der Waals surface area contributed by atoms with Crippen LogP contribution >= 0.6 is 0 Å². The number of likely N-dealkylation sites (tertiary alicyclic amines) is 1. The molecule has 1 aromatic carbocycles. The van der Waals surface area contributed by atoms with Gasteiger partial charge in [0.2, 0.25) is 5.91 Å². The molecule has 2 amide bonds. The summed E-state index contributed by atoms with van der Waals surface area (Å²) in [6, 6.07) is 10.1. The number of rotatable bonds is 4. The molecule has 0 radical (unpaired) electrons. The SMILES string of the molecule is Cc1nn(-c2ncc(C(=O)NC3CC4(CCN(C(=O)C(C)(C)C#N)CC4)C3)cn2)c2ccccc12. The van der Waals surface area contributed by atoms with Gasteiger partial charge in [0.15, 0.2) is 0 Å². The molecule has 180 valence electrons. The number of carbonyl (C=O) groups excluding carboxylic acids is 2. The summed E-state index contributed by atoms with van der Waals surface area (Å²) in [5.41, 5.74) is 1.42. The van der Waals surface area contributed by atoms with E-state index in [0.717, 1.165) is 42.3 Å². The summed E-state index contributed by atoms with van der Waals surface area (Å²) in [6.07, 6.45) is 6.70. The van der Waals surface area contributed by atoms with Gasteiger partial charge in [-0.25, -0.2) is 9.97 Å². The quantitative estimate of drug-likeness (QED) is 0.625. The van der Waals surface area contributed by atoms with Crippen LogP contribution in [-0.2, 0) is 4.79 Å². The molecule has 9 heteroatoms. The van der Waals surface area contributed by atoms with E-state index < -0.39 is 5.41 Å². The smallest absolute Gasteiger partial charge is 0.254 e. The largest absolute Gasteiger partial charge is 0.349 e. The second-order valence-corrected chi connectivity index (χ2v) is 10.4. The van der Waals surface area contributed by atoms with Crippen molar-refractivity contribution in [2.45, 2.75) is 52.5 Å². The number of nitrogens with one attached hydrogen (secondary N) is 1. The molecule has 0 unspecified atom stereocenters. The average molecular weight is 472 g/mol. The van der Waals surface area contributed by atoms with Gasteiger partial charge in [-0.2, -0.15) is 15.0 Å². The van der Waals surface area contributed by atoms with Crippen LogP contribution < -0.4 is 5.32 Å². The van der Waals surface area contributed by atoms with Crippen LogP contribution in [0.2, 0.25) is 0 Å². The Kier molecular flexibility index (Phi) is 5.55. The normalized spacial score (nSPS) is 17.7. The zero-order chi connectivity index (χ0) is 24.8. The van der Waals surface area contributed by atoms with E-state index >= 15 is 0 Å². The summed E-state index contributed by atoms with van der Waals surface area (Å²) in [7, 11) is 0. The fraction of sp³-hybridized carbons (Fsp3) is 0.462. The third-order valence-electron chi connectivity index (χ3n) is 7.48. The van der Waals surface area contributed by atoms with Crippen molar-refractivity contribution in [3.8, 4) is 12.0 Å². The van der Waals surface area contributed by atoms with Crippen molar-refractivity contribution in [3.05, 3.63) is 47.9 Å². The minimum Gasteiger partial charge on any atom is -0.349 e. The lowest BCUT2D eigenvalue weighted by Gasteiger charge is -2.52. The van der Waals surface area contributed by atoms with Crippen molar-refractivity contribution in [1.82, 2.24) is 30.0 Å². The molecule has 2 aliphatic rings. The van der Waals surface area contributed by atoms with E-state index in [9.17, 15) is 14.9 Å². The van der Waals surface area contributed by atoms with Gasteiger partial charge in [-0.1, -0.05) is 18.2 Å². The van der Waals surface area contributed by atoms with Crippen LogP contribution in [0.1, 0.15) is 55.6 Å². The van der Waals surface area contributed by atoms with Crippen LogP contribution in [0.5, 0.6) is 0 Å². The molecule has 2 fully saturated rings. The van der Waals surface area contributed by atoms with Crippen LogP contribution in [0.3, 0.4) is 0 Å². The number of para-hydroxylation sites is 1. The molecule has 1 aliphatic heterocycles. The first-order chi connectivity index (χ1) is 16.7. The van der Waals surface area contributed by atoms with E-state index in [4.69, 9.17) is 0 Å². The van der Waals surface area contributed by atoms with Crippen molar-refractivity contribution in [3.63, 3.8) is 0 Å². The number of fused-ring (bicyclic) bond motifs is 1. The Bertz CT molecular complexity index is 1320. The predicted molar refractivity (Wildman–Crippen MR) is 130 cm³/mol. The number of aromatic nitrogens is 4. The number of benzene rings is 1. The van der Waals surface area contributed by atoms with Crippen LogP contribution in [0.25, 0.3) is 16.9 Å². The van der Waals surface area contributed by atoms with Crippen molar-refractivity contribution in [2.75, 3.05) is 13.1 Å². The summed E-state index contributed by atoms with van der Waals surface area (Å²) in [5, 5.41) is 17.9. The maximum atomic E-state index is 12.8. The molecule has 0 bridgehead atoms.